The molecule has 0 radical (unpaired) electrons. The summed E-state index contributed by atoms with van der Waals surface area (Å²) in [6.45, 7) is 1.06. The van der Waals surface area contributed by atoms with E-state index in [1.165, 1.54) is 6.07 Å². The molecule has 0 saturated carbocycles. The highest BCUT2D eigenvalue weighted by Gasteiger charge is 2.43. The second-order valence-corrected chi connectivity index (χ2v) is 5.21. The molecule has 92 valence electrons. The summed E-state index contributed by atoms with van der Waals surface area (Å²) in [6, 6.07) is 4.44. The first-order valence-corrected chi connectivity index (χ1v) is 6.25. The molecule has 1 unspecified atom stereocenters. The fraction of sp³-hybridized carbons (Fsp3) is 0.417. The van der Waals surface area contributed by atoms with Gasteiger partial charge in [-0.25, -0.2) is 4.39 Å². The number of halogens is 2. The highest BCUT2D eigenvalue weighted by atomic mass is 79.9. The topological polar surface area (TPSA) is 49.3 Å². The quantitative estimate of drug-likeness (QED) is 0.881. The van der Waals surface area contributed by atoms with Crippen LogP contribution in [0.3, 0.4) is 0 Å². The number of aliphatic carboxylic acids is 1. The van der Waals surface area contributed by atoms with Gasteiger partial charge < -0.3 is 10.4 Å². The fourth-order valence-electron chi connectivity index (χ4n) is 2.30. The lowest BCUT2D eigenvalue weighted by molar-refractivity contribution is -0.144. The molecule has 1 aromatic carbocycles. The number of carboxylic acids is 1. The van der Waals surface area contributed by atoms with Gasteiger partial charge in [-0.2, -0.15) is 0 Å². The molecule has 0 amide bonds. The third kappa shape index (κ3) is 2.21. The summed E-state index contributed by atoms with van der Waals surface area (Å²) in [5.74, 6) is -1.43. The Hall–Kier alpha value is -0.940. The van der Waals surface area contributed by atoms with Gasteiger partial charge >= 0.3 is 5.97 Å². The number of nitrogens with one attached hydrogen (secondary N) is 1. The van der Waals surface area contributed by atoms with Crippen LogP contribution in [0, 0.1) is 5.82 Å². The molecule has 1 atom stereocenters. The van der Waals surface area contributed by atoms with Crippen LogP contribution in [0.25, 0.3) is 0 Å². The lowest BCUT2D eigenvalue weighted by Gasteiger charge is -2.34. The zero-order valence-corrected chi connectivity index (χ0v) is 10.8. The smallest absolute Gasteiger partial charge is 0.315 e. The van der Waals surface area contributed by atoms with Crippen LogP contribution >= 0.6 is 15.9 Å². The van der Waals surface area contributed by atoms with Crippen LogP contribution in [0.5, 0.6) is 0 Å². The van der Waals surface area contributed by atoms with Gasteiger partial charge in [0.15, 0.2) is 0 Å². The van der Waals surface area contributed by atoms with Crippen molar-refractivity contribution in [1.82, 2.24) is 5.32 Å². The molecular formula is C12H13BrFNO2. The van der Waals surface area contributed by atoms with Crippen LogP contribution in [-0.4, -0.2) is 24.2 Å². The van der Waals surface area contributed by atoms with E-state index in [4.69, 9.17) is 0 Å². The molecule has 17 heavy (non-hydrogen) atoms. The van der Waals surface area contributed by atoms with Crippen molar-refractivity contribution in [3.05, 3.63) is 34.1 Å². The van der Waals surface area contributed by atoms with E-state index in [0.717, 1.165) is 13.0 Å². The van der Waals surface area contributed by atoms with E-state index in [0.29, 0.717) is 10.9 Å². The molecule has 3 nitrogen and oxygen atoms in total. The summed E-state index contributed by atoms with van der Waals surface area (Å²) < 4.78 is 14.5. The van der Waals surface area contributed by atoms with Crippen molar-refractivity contribution in [3.63, 3.8) is 0 Å². The SMILES string of the molecule is O=C(O)C1(c2cc(Br)ccc2F)CCCNC1. The molecule has 1 saturated heterocycles. The largest absolute Gasteiger partial charge is 0.481 e. The zero-order valence-electron chi connectivity index (χ0n) is 9.17. The minimum Gasteiger partial charge on any atom is -0.481 e. The molecular weight excluding hydrogens is 289 g/mol. The standard InChI is InChI=1S/C12H13BrFNO2/c13-8-2-3-10(14)9(6-8)12(11(16)17)4-1-5-15-7-12/h2-3,6,15H,1,4-5,7H2,(H,16,17). The maximum atomic E-state index is 13.8. The van der Waals surface area contributed by atoms with E-state index < -0.39 is 17.2 Å². The minimum absolute atomic E-state index is 0.256. The summed E-state index contributed by atoms with van der Waals surface area (Å²) in [5, 5.41) is 12.5. The van der Waals surface area contributed by atoms with Crippen LogP contribution in [0.1, 0.15) is 18.4 Å². The van der Waals surface area contributed by atoms with Crippen molar-refractivity contribution in [2.75, 3.05) is 13.1 Å². The maximum absolute atomic E-state index is 13.8. The Morgan fingerprint density at radius 1 is 1.53 bits per heavy atom. The highest BCUT2D eigenvalue weighted by Crippen LogP contribution is 2.34. The van der Waals surface area contributed by atoms with Gasteiger partial charge in [-0.3, -0.25) is 4.79 Å². The number of carbonyl (C=O) groups is 1. The average Bonchev–Trinajstić information content (AvgIpc) is 2.33. The van der Waals surface area contributed by atoms with Gasteiger partial charge in [0.25, 0.3) is 0 Å². The minimum atomic E-state index is -1.15. The number of hydrogen-bond donors (Lipinski definition) is 2. The third-order valence-electron chi connectivity index (χ3n) is 3.24. The van der Waals surface area contributed by atoms with Gasteiger partial charge in [-0.15, -0.1) is 0 Å². The van der Waals surface area contributed by atoms with E-state index in [2.05, 4.69) is 21.2 Å². The van der Waals surface area contributed by atoms with E-state index in [9.17, 15) is 14.3 Å². The number of carboxylic acid groups (broad SMARTS) is 1. The predicted molar refractivity (Wildman–Crippen MR) is 65.5 cm³/mol. The van der Waals surface area contributed by atoms with Gasteiger partial charge in [-0.1, -0.05) is 15.9 Å². The monoisotopic (exact) mass is 301 g/mol. The molecule has 1 fully saturated rings. The van der Waals surface area contributed by atoms with Crippen LogP contribution in [0.4, 0.5) is 4.39 Å². The molecule has 5 heteroatoms. The Kier molecular flexibility index (Phi) is 3.49. The zero-order chi connectivity index (χ0) is 12.5. The molecule has 1 aliphatic rings. The number of hydrogen-bond acceptors (Lipinski definition) is 2. The van der Waals surface area contributed by atoms with Crippen molar-refractivity contribution in [3.8, 4) is 0 Å². The molecule has 1 aromatic rings. The Balaban J connectivity index is 2.52. The normalized spacial score (nSPS) is 24.6. The Bertz CT molecular complexity index is 444. The van der Waals surface area contributed by atoms with Crippen molar-refractivity contribution >= 4 is 21.9 Å². The molecule has 0 bridgehead atoms. The Morgan fingerprint density at radius 3 is 2.88 bits per heavy atom. The lowest BCUT2D eigenvalue weighted by Crippen LogP contribution is -2.49. The molecule has 0 aromatic heterocycles. The molecule has 2 rings (SSSR count). The van der Waals surface area contributed by atoms with E-state index in [1.54, 1.807) is 12.1 Å². The summed E-state index contributed by atoms with van der Waals surface area (Å²) in [7, 11) is 0. The second-order valence-electron chi connectivity index (χ2n) is 4.29. The van der Waals surface area contributed by atoms with Crippen LogP contribution < -0.4 is 5.32 Å². The van der Waals surface area contributed by atoms with E-state index in [-0.39, 0.29) is 12.1 Å². The Labute approximate surface area is 107 Å². The van der Waals surface area contributed by atoms with E-state index in [1.807, 2.05) is 0 Å². The first kappa shape index (κ1) is 12.5. The number of piperidine rings is 1. The summed E-state index contributed by atoms with van der Waals surface area (Å²) in [4.78, 5) is 11.5. The average molecular weight is 302 g/mol. The van der Waals surface area contributed by atoms with Crippen LogP contribution in [0.15, 0.2) is 22.7 Å². The van der Waals surface area contributed by atoms with Crippen molar-refractivity contribution < 1.29 is 14.3 Å². The van der Waals surface area contributed by atoms with Gasteiger partial charge in [0.1, 0.15) is 11.2 Å². The fourth-order valence-corrected chi connectivity index (χ4v) is 2.66. The first-order valence-electron chi connectivity index (χ1n) is 5.46. The number of rotatable bonds is 2. The van der Waals surface area contributed by atoms with E-state index >= 15 is 0 Å². The van der Waals surface area contributed by atoms with Gasteiger partial charge in [0, 0.05) is 16.6 Å². The van der Waals surface area contributed by atoms with Crippen molar-refractivity contribution in [2.45, 2.75) is 18.3 Å². The van der Waals surface area contributed by atoms with Crippen LogP contribution in [0.2, 0.25) is 0 Å². The highest BCUT2D eigenvalue weighted by molar-refractivity contribution is 9.10. The van der Waals surface area contributed by atoms with Crippen molar-refractivity contribution in [1.29, 1.82) is 0 Å². The van der Waals surface area contributed by atoms with Gasteiger partial charge in [0.05, 0.1) is 0 Å². The number of benzene rings is 1. The maximum Gasteiger partial charge on any atom is 0.315 e. The predicted octanol–water partition coefficient (Wildman–Crippen LogP) is 2.29. The molecule has 1 aliphatic heterocycles. The van der Waals surface area contributed by atoms with Gasteiger partial charge in [-0.05, 0) is 37.6 Å². The molecule has 0 aliphatic carbocycles. The summed E-state index contributed by atoms with van der Waals surface area (Å²) in [6.07, 6.45) is 1.20. The van der Waals surface area contributed by atoms with Crippen LogP contribution in [-0.2, 0) is 10.2 Å². The lowest BCUT2D eigenvalue weighted by atomic mass is 9.74. The third-order valence-corrected chi connectivity index (χ3v) is 3.73. The molecule has 0 spiro atoms. The second kappa shape index (κ2) is 4.74. The first-order chi connectivity index (χ1) is 8.06. The van der Waals surface area contributed by atoms with Crippen molar-refractivity contribution in [2.24, 2.45) is 0 Å². The van der Waals surface area contributed by atoms with Gasteiger partial charge in [0.2, 0.25) is 0 Å². The summed E-state index contributed by atoms with van der Waals surface area (Å²) >= 11 is 3.26. The molecule has 1 heterocycles. The summed E-state index contributed by atoms with van der Waals surface area (Å²) in [5.41, 5.74) is -0.891. The molecule has 2 N–H and O–H groups in total. The Morgan fingerprint density at radius 2 is 2.29 bits per heavy atom.